The lowest BCUT2D eigenvalue weighted by Crippen LogP contribution is -2.17. The first-order valence-corrected chi connectivity index (χ1v) is 7.10. The standard InChI is InChI=1S/C15H10ClF3N4O/c16-10-4-9-3-8(1-2-12(9)21-5-10)6-23-7-11(14(20)24)13(22-23)15(17,18)19/h1-5,7H,6H2,(H2,20,24). The summed E-state index contributed by atoms with van der Waals surface area (Å²) in [6, 6.07) is 6.88. The van der Waals surface area contributed by atoms with Crippen LogP contribution >= 0.6 is 11.6 Å². The van der Waals surface area contributed by atoms with Gasteiger partial charge in [-0.1, -0.05) is 17.7 Å². The van der Waals surface area contributed by atoms with Crippen LogP contribution in [0.15, 0.2) is 36.7 Å². The van der Waals surface area contributed by atoms with E-state index in [1.165, 1.54) is 6.20 Å². The Hall–Kier alpha value is -2.61. The minimum Gasteiger partial charge on any atom is -0.365 e. The highest BCUT2D eigenvalue weighted by Crippen LogP contribution is 2.30. The average Bonchev–Trinajstić information content (AvgIpc) is 2.91. The van der Waals surface area contributed by atoms with Crippen molar-refractivity contribution < 1.29 is 18.0 Å². The van der Waals surface area contributed by atoms with E-state index in [1.807, 2.05) is 0 Å². The number of hydrogen-bond acceptors (Lipinski definition) is 3. The zero-order chi connectivity index (χ0) is 17.5. The highest BCUT2D eigenvalue weighted by atomic mass is 35.5. The highest BCUT2D eigenvalue weighted by molar-refractivity contribution is 6.31. The molecule has 1 amide bonds. The molecule has 0 aliphatic carbocycles. The van der Waals surface area contributed by atoms with Gasteiger partial charge in [0, 0.05) is 17.8 Å². The lowest BCUT2D eigenvalue weighted by Gasteiger charge is -2.05. The molecule has 0 saturated carbocycles. The third-order valence-electron chi connectivity index (χ3n) is 3.35. The van der Waals surface area contributed by atoms with Gasteiger partial charge in [-0.25, -0.2) is 0 Å². The largest absolute Gasteiger partial charge is 0.435 e. The number of pyridine rings is 1. The van der Waals surface area contributed by atoms with Crippen molar-refractivity contribution in [1.29, 1.82) is 0 Å². The number of fused-ring (bicyclic) bond motifs is 1. The number of rotatable bonds is 3. The highest BCUT2D eigenvalue weighted by Gasteiger charge is 2.38. The van der Waals surface area contributed by atoms with E-state index in [-0.39, 0.29) is 6.54 Å². The Morgan fingerprint density at radius 2 is 2.04 bits per heavy atom. The van der Waals surface area contributed by atoms with E-state index in [0.717, 1.165) is 16.3 Å². The first kappa shape index (κ1) is 16.3. The number of aromatic nitrogens is 3. The van der Waals surface area contributed by atoms with Crippen LogP contribution < -0.4 is 5.73 Å². The minimum atomic E-state index is -4.75. The molecule has 0 atom stereocenters. The number of alkyl halides is 3. The summed E-state index contributed by atoms with van der Waals surface area (Å²) in [5.41, 5.74) is 4.43. The zero-order valence-corrected chi connectivity index (χ0v) is 12.8. The van der Waals surface area contributed by atoms with Crippen molar-refractivity contribution in [1.82, 2.24) is 14.8 Å². The van der Waals surface area contributed by atoms with Gasteiger partial charge in [0.1, 0.15) is 0 Å². The number of nitrogens with two attached hydrogens (primary N) is 1. The summed E-state index contributed by atoms with van der Waals surface area (Å²) < 4.78 is 39.8. The first-order valence-electron chi connectivity index (χ1n) is 6.72. The van der Waals surface area contributed by atoms with Gasteiger partial charge in [0.15, 0.2) is 5.69 Å². The molecule has 0 unspecified atom stereocenters. The number of carbonyl (C=O) groups excluding carboxylic acids is 1. The van der Waals surface area contributed by atoms with Crippen LogP contribution in [-0.2, 0) is 12.7 Å². The van der Waals surface area contributed by atoms with E-state index in [0.29, 0.717) is 16.1 Å². The number of nitrogens with zero attached hydrogens (tertiary/aromatic N) is 3. The second kappa shape index (κ2) is 5.79. The topological polar surface area (TPSA) is 73.8 Å². The van der Waals surface area contributed by atoms with Gasteiger partial charge < -0.3 is 5.73 Å². The van der Waals surface area contributed by atoms with Gasteiger partial charge in [-0.15, -0.1) is 0 Å². The lowest BCUT2D eigenvalue weighted by atomic mass is 10.1. The monoisotopic (exact) mass is 354 g/mol. The molecule has 0 saturated heterocycles. The van der Waals surface area contributed by atoms with Crippen LogP contribution in [0.5, 0.6) is 0 Å². The number of hydrogen-bond donors (Lipinski definition) is 1. The summed E-state index contributed by atoms with van der Waals surface area (Å²) in [5.74, 6) is -1.18. The fourth-order valence-electron chi connectivity index (χ4n) is 2.33. The summed E-state index contributed by atoms with van der Waals surface area (Å²) in [6.45, 7) is 0.0405. The van der Waals surface area contributed by atoms with E-state index >= 15 is 0 Å². The molecule has 2 aromatic heterocycles. The van der Waals surface area contributed by atoms with Crippen molar-refractivity contribution in [2.75, 3.05) is 0 Å². The van der Waals surface area contributed by atoms with Crippen molar-refractivity contribution in [2.45, 2.75) is 12.7 Å². The Morgan fingerprint density at radius 1 is 1.29 bits per heavy atom. The van der Waals surface area contributed by atoms with Crippen LogP contribution in [0.25, 0.3) is 10.9 Å². The summed E-state index contributed by atoms with van der Waals surface area (Å²) in [5, 5.41) is 4.65. The van der Waals surface area contributed by atoms with Gasteiger partial charge in [0.25, 0.3) is 5.91 Å². The number of carbonyl (C=O) groups is 1. The van der Waals surface area contributed by atoms with E-state index in [4.69, 9.17) is 17.3 Å². The molecule has 1 aromatic carbocycles. The molecular weight excluding hydrogens is 345 g/mol. The lowest BCUT2D eigenvalue weighted by molar-refractivity contribution is -0.141. The third-order valence-corrected chi connectivity index (χ3v) is 3.56. The molecule has 24 heavy (non-hydrogen) atoms. The second-order valence-corrected chi connectivity index (χ2v) is 5.57. The number of primary amides is 1. The molecule has 2 N–H and O–H groups in total. The molecule has 0 bridgehead atoms. The van der Waals surface area contributed by atoms with Crippen molar-refractivity contribution in [2.24, 2.45) is 5.73 Å². The normalized spacial score (nSPS) is 11.8. The molecule has 124 valence electrons. The molecule has 3 rings (SSSR count). The minimum absolute atomic E-state index is 0.0405. The molecular formula is C15H10ClF3N4O. The molecule has 3 aromatic rings. The molecule has 5 nitrogen and oxygen atoms in total. The van der Waals surface area contributed by atoms with E-state index in [2.05, 4.69) is 10.1 Å². The Balaban J connectivity index is 1.98. The first-order chi connectivity index (χ1) is 11.2. The van der Waals surface area contributed by atoms with Gasteiger partial charge in [0.05, 0.1) is 22.6 Å². The fourth-order valence-corrected chi connectivity index (χ4v) is 2.50. The quantitative estimate of drug-likeness (QED) is 0.784. The molecule has 0 radical (unpaired) electrons. The van der Waals surface area contributed by atoms with Crippen LogP contribution in [0.2, 0.25) is 5.02 Å². The Morgan fingerprint density at radius 3 is 2.67 bits per heavy atom. The van der Waals surface area contributed by atoms with Gasteiger partial charge >= 0.3 is 6.18 Å². The number of halogens is 4. The summed E-state index contributed by atoms with van der Waals surface area (Å²) in [4.78, 5) is 15.3. The Bertz CT molecular complexity index is 936. The van der Waals surface area contributed by atoms with Gasteiger partial charge in [-0.05, 0) is 23.8 Å². The molecule has 0 fully saturated rings. The van der Waals surface area contributed by atoms with Crippen LogP contribution in [0.4, 0.5) is 13.2 Å². The second-order valence-electron chi connectivity index (χ2n) is 5.13. The van der Waals surface area contributed by atoms with Crippen LogP contribution in [0.1, 0.15) is 21.6 Å². The van der Waals surface area contributed by atoms with Crippen molar-refractivity contribution in [3.8, 4) is 0 Å². The van der Waals surface area contributed by atoms with Crippen molar-refractivity contribution in [3.63, 3.8) is 0 Å². The zero-order valence-electron chi connectivity index (χ0n) is 12.0. The van der Waals surface area contributed by atoms with Crippen LogP contribution in [-0.4, -0.2) is 20.7 Å². The van der Waals surface area contributed by atoms with Gasteiger partial charge in [0.2, 0.25) is 0 Å². The van der Waals surface area contributed by atoms with Crippen LogP contribution in [0.3, 0.4) is 0 Å². The number of amides is 1. The van der Waals surface area contributed by atoms with Crippen LogP contribution in [0, 0.1) is 0 Å². The van der Waals surface area contributed by atoms with Gasteiger partial charge in [-0.3, -0.25) is 14.5 Å². The van der Waals surface area contributed by atoms with E-state index in [9.17, 15) is 18.0 Å². The summed E-state index contributed by atoms with van der Waals surface area (Å²) >= 11 is 5.88. The Labute approximate surface area is 138 Å². The maximum atomic E-state index is 12.9. The maximum absolute atomic E-state index is 12.9. The molecule has 2 heterocycles. The SMILES string of the molecule is NC(=O)c1cn(Cc2ccc3ncc(Cl)cc3c2)nc1C(F)(F)F. The van der Waals surface area contributed by atoms with Crippen molar-refractivity contribution >= 4 is 28.4 Å². The predicted molar refractivity (Wildman–Crippen MR) is 81.6 cm³/mol. The third kappa shape index (κ3) is 3.18. The Kier molecular flexibility index (Phi) is 3.92. The molecule has 0 spiro atoms. The average molecular weight is 355 g/mol. The summed E-state index contributed by atoms with van der Waals surface area (Å²) in [6.07, 6.45) is -2.26. The van der Waals surface area contributed by atoms with Gasteiger partial charge in [-0.2, -0.15) is 18.3 Å². The fraction of sp³-hybridized carbons (Fsp3) is 0.133. The molecule has 9 heteroatoms. The number of benzene rings is 1. The van der Waals surface area contributed by atoms with E-state index < -0.39 is 23.3 Å². The molecule has 0 aliphatic rings. The predicted octanol–water partition coefficient (Wildman–Crippen LogP) is 3.25. The molecule has 0 aliphatic heterocycles. The smallest absolute Gasteiger partial charge is 0.365 e. The summed E-state index contributed by atoms with van der Waals surface area (Å²) in [7, 11) is 0. The maximum Gasteiger partial charge on any atom is 0.435 e. The van der Waals surface area contributed by atoms with Crippen molar-refractivity contribution in [3.05, 3.63) is 58.5 Å². The van der Waals surface area contributed by atoms with E-state index in [1.54, 1.807) is 24.3 Å².